The van der Waals surface area contributed by atoms with Crippen LogP contribution in [-0.2, 0) is 4.79 Å². The van der Waals surface area contributed by atoms with Gasteiger partial charge in [-0.3, -0.25) is 4.79 Å². The maximum absolute atomic E-state index is 11.4. The Labute approximate surface area is 106 Å². The maximum Gasteiger partial charge on any atom is 0.250 e. The first-order valence-corrected chi connectivity index (χ1v) is 5.80. The molecule has 1 amide bonds. The first kappa shape index (κ1) is 17.8. The summed E-state index contributed by atoms with van der Waals surface area (Å²) in [5, 5.41) is 2.94. The summed E-state index contributed by atoms with van der Waals surface area (Å²) in [6, 6.07) is 0. The van der Waals surface area contributed by atoms with E-state index >= 15 is 0 Å². The zero-order valence-electron chi connectivity index (χ0n) is 11.0. The van der Waals surface area contributed by atoms with Gasteiger partial charge in [0.15, 0.2) is 6.67 Å². The van der Waals surface area contributed by atoms with Gasteiger partial charge in [-0.25, -0.2) is 0 Å². The molecule has 0 saturated carbocycles. The van der Waals surface area contributed by atoms with Gasteiger partial charge in [-0.1, -0.05) is 13.5 Å². The van der Waals surface area contributed by atoms with E-state index in [4.69, 9.17) is 0 Å². The van der Waals surface area contributed by atoms with Gasteiger partial charge < -0.3 is 22.2 Å². The van der Waals surface area contributed by atoms with E-state index in [0.717, 1.165) is 30.5 Å². The molecule has 0 rings (SSSR count). The lowest BCUT2D eigenvalue weighted by molar-refractivity contribution is -0.926. The Bertz CT molecular complexity index is 225. The molecule has 0 radical (unpaired) electrons. The van der Waals surface area contributed by atoms with Crippen LogP contribution in [0.2, 0.25) is 0 Å². The molecule has 0 aliphatic carbocycles. The van der Waals surface area contributed by atoms with Crippen LogP contribution in [0.3, 0.4) is 0 Å². The molecule has 0 heterocycles. The van der Waals surface area contributed by atoms with Crippen LogP contribution in [0.5, 0.6) is 0 Å². The minimum atomic E-state index is -0.0319. The number of quaternary nitrogens is 1. The normalized spacial score (nSPS) is 10.5. The topological polar surface area (TPSA) is 29.1 Å². The number of nitrogens with zero attached hydrogens (tertiary/aromatic N) is 1. The van der Waals surface area contributed by atoms with Crippen LogP contribution in [0.1, 0.15) is 34.1 Å². The van der Waals surface area contributed by atoms with Crippen molar-refractivity contribution in [3.63, 3.8) is 0 Å². The number of hydrogen-bond acceptors (Lipinski definition) is 1. The van der Waals surface area contributed by atoms with Crippen LogP contribution in [0, 0.1) is 0 Å². The highest BCUT2D eigenvalue weighted by atomic mass is 35.5. The molecule has 3 nitrogen and oxygen atoms in total. The third-order valence-electron chi connectivity index (χ3n) is 3.00. The molecule has 0 aromatic carbocycles. The molecule has 4 heteroatoms. The summed E-state index contributed by atoms with van der Waals surface area (Å²) in [6.45, 7) is 15.8. The molecule has 0 aliphatic heterocycles. The zero-order valence-corrected chi connectivity index (χ0v) is 11.7. The minimum Gasteiger partial charge on any atom is -1.00 e. The summed E-state index contributed by atoms with van der Waals surface area (Å²) in [6.07, 6.45) is 1.14. The Hall–Kier alpha value is -0.540. The Morgan fingerprint density at radius 1 is 1.25 bits per heavy atom. The molecular formula is C12H25ClN2O. The molecule has 0 atom stereocenters. The predicted molar refractivity (Wildman–Crippen MR) is 64.3 cm³/mol. The molecule has 0 aromatic heterocycles. The SMILES string of the molecule is C=C(C)C(=O)NC[N+](CC)(CC)CCC.[Cl-]. The summed E-state index contributed by atoms with van der Waals surface area (Å²) in [5.41, 5.74) is 0.580. The lowest BCUT2D eigenvalue weighted by Gasteiger charge is -2.36. The summed E-state index contributed by atoms with van der Waals surface area (Å²) in [7, 11) is 0. The summed E-state index contributed by atoms with van der Waals surface area (Å²) in [5.74, 6) is -0.0319. The van der Waals surface area contributed by atoms with Crippen molar-refractivity contribution >= 4 is 5.91 Å². The van der Waals surface area contributed by atoms with Crippen molar-refractivity contribution in [1.82, 2.24) is 5.32 Å². The number of carbonyl (C=O) groups excluding carboxylic acids is 1. The monoisotopic (exact) mass is 248 g/mol. The number of amides is 1. The molecule has 0 bridgehead atoms. The van der Waals surface area contributed by atoms with Gasteiger partial charge in [0.05, 0.1) is 19.6 Å². The lowest BCUT2D eigenvalue weighted by Crippen LogP contribution is -3.00. The zero-order chi connectivity index (χ0) is 11.9. The average molecular weight is 249 g/mol. The van der Waals surface area contributed by atoms with E-state index in [1.807, 2.05) is 0 Å². The number of nitrogens with one attached hydrogen (secondary N) is 1. The van der Waals surface area contributed by atoms with Crippen LogP contribution >= 0.6 is 0 Å². The largest absolute Gasteiger partial charge is 1.00 e. The predicted octanol–water partition coefficient (Wildman–Crippen LogP) is -1.09. The Morgan fingerprint density at radius 2 is 1.75 bits per heavy atom. The van der Waals surface area contributed by atoms with Crippen molar-refractivity contribution < 1.29 is 21.7 Å². The number of rotatable bonds is 7. The molecule has 0 saturated heterocycles. The highest BCUT2D eigenvalue weighted by molar-refractivity contribution is 5.91. The van der Waals surface area contributed by atoms with E-state index in [1.165, 1.54) is 0 Å². The van der Waals surface area contributed by atoms with Crippen LogP contribution in [-0.4, -0.2) is 36.7 Å². The van der Waals surface area contributed by atoms with Crippen molar-refractivity contribution in [2.75, 3.05) is 26.3 Å². The van der Waals surface area contributed by atoms with Crippen molar-refractivity contribution in [3.8, 4) is 0 Å². The van der Waals surface area contributed by atoms with Gasteiger partial charge in [0.2, 0.25) is 0 Å². The van der Waals surface area contributed by atoms with Crippen LogP contribution < -0.4 is 17.7 Å². The van der Waals surface area contributed by atoms with Gasteiger partial charge in [0.1, 0.15) is 0 Å². The van der Waals surface area contributed by atoms with Gasteiger partial charge >= 0.3 is 0 Å². The Balaban J connectivity index is 0. The van der Waals surface area contributed by atoms with Gasteiger partial charge in [0.25, 0.3) is 5.91 Å². The van der Waals surface area contributed by atoms with E-state index in [9.17, 15) is 4.79 Å². The second kappa shape index (κ2) is 8.59. The number of hydrogen-bond donors (Lipinski definition) is 1. The van der Waals surface area contributed by atoms with Gasteiger partial charge in [-0.2, -0.15) is 0 Å². The molecular weight excluding hydrogens is 224 g/mol. The molecule has 96 valence electrons. The average Bonchev–Trinajstić information content (AvgIpc) is 2.23. The fourth-order valence-electron chi connectivity index (χ4n) is 1.71. The quantitative estimate of drug-likeness (QED) is 0.346. The first-order chi connectivity index (χ1) is 7.01. The van der Waals surface area contributed by atoms with E-state index < -0.39 is 0 Å². The van der Waals surface area contributed by atoms with Crippen molar-refractivity contribution in [1.29, 1.82) is 0 Å². The van der Waals surface area contributed by atoms with E-state index in [1.54, 1.807) is 6.92 Å². The molecule has 0 unspecified atom stereocenters. The van der Waals surface area contributed by atoms with Crippen LogP contribution in [0.25, 0.3) is 0 Å². The Kier molecular flexibility index (Phi) is 9.58. The fourth-order valence-corrected chi connectivity index (χ4v) is 1.71. The second-order valence-electron chi connectivity index (χ2n) is 4.14. The van der Waals surface area contributed by atoms with Crippen LogP contribution in [0.4, 0.5) is 0 Å². The number of halogens is 1. The molecule has 1 N–H and O–H groups in total. The molecule has 0 spiro atoms. The smallest absolute Gasteiger partial charge is 0.250 e. The van der Waals surface area contributed by atoms with Gasteiger partial charge in [-0.05, 0) is 27.2 Å². The van der Waals surface area contributed by atoms with Gasteiger partial charge in [0, 0.05) is 5.57 Å². The second-order valence-corrected chi connectivity index (χ2v) is 4.14. The van der Waals surface area contributed by atoms with Crippen molar-refractivity contribution in [2.45, 2.75) is 34.1 Å². The minimum absolute atomic E-state index is 0. The summed E-state index contributed by atoms with van der Waals surface area (Å²) < 4.78 is 0.954. The third kappa shape index (κ3) is 5.52. The lowest BCUT2D eigenvalue weighted by atomic mass is 10.3. The van der Waals surface area contributed by atoms with E-state index in [0.29, 0.717) is 12.2 Å². The fraction of sp³-hybridized carbons (Fsp3) is 0.750. The maximum atomic E-state index is 11.4. The standard InChI is InChI=1S/C12H24N2O.ClH/c1-6-9-14(7-2,8-3)10-13-12(15)11(4)5;/h4,6-10H2,1-3,5H3;1H. The molecule has 0 aliphatic rings. The van der Waals surface area contributed by atoms with Crippen molar-refractivity contribution in [2.24, 2.45) is 0 Å². The third-order valence-corrected chi connectivity index (χ3v) is 3.00. The van der Waals surface area contributed by atoms with E-state index in [-0.39, 0.29) is 18.3 Å². The highest BCUT2D eigenvalue weighted by Gasteiger charge is 2.22. The van der Waals surface area contributed by atoms with Crippen molar-refractivity contribution in [3.05, 3.63) is 12.2 Å². The highest BCUT2D eigenvalue weighted by Crippen LogP contribution is 2.06. The molecule has 16 heavy (non-hydrogen) atoms. The molecule has 0 aromatic rings. The van der Waals surface area contributed by atoms with E-state index in [2.05, 4.69) is 32.7 Å². The first-order valence-electron chi connectivity index (χ1n) is 5.80. The van der Waals surface area contributed by atoms with Gasteiger partial charge in [-0.15, -0.1) is 0 Å². The Morgan fingerprint density at radius 3 is 2.06 bits per heavy atom. The summed E-state index contributed by atoms with van der Waals surface area (Å²) >= 11 is 0. The molecule has 0 fully saturated rings. The summed E-state index contributed by atoms with van der Waals surface area (Å²) in [4.78, 5) is 11.4. The van der Waals surface area contributed by atoms with Crippen LogP contribution in [0.15, 0.2) is 12.2 Å². The number of carbonyl (C=O) groups is 1.